The Hall–Kier alpha value is -4.98. The van der Waals surface area contributed by atoms with Crippen LogP contribution in [0.4, 0.5) is 0 Å². The fourth-order valence-electron chi connectivity index (χ4n) is 7.46. The van der Waals surface area contributed by atoms with Gasteiger partial charge < -0.3 is 0 Å². The minimum atomic E-state index is 0.213. The minimum Gasteiger partial charge on any atom is -0.0622 e. The lowest BCUT2D eigenvalue weighted by atomic mass is 9.86. The molecule has 2 aliphatic carbocycles. The van der Waals surface area contributed by atoms with E-state index in [-0.39, 0.29) is 5.92 Å². The van der Waals surface area contributed by atoms with Crippen molar-refractivity contribution in [1.29, 1.82) is 0 Å². The van der Waals surface area contributed by atoms with Crippen molar-refractivity contribution in [3.05, 3.63) is 190 Å². The highest BCUT2D eigenvalue weighted by atomic mass is 79.9. The highest BCUT2D eigenvalue weighted by Crippen LogP contribution is 2.50. The Morgan fingerprint density at radius 1 is 0.378 bits per heavy atom. The number of hydrogen-bond donors (Lipinski definition) is 0. The van der Waals surface area contributed by atoms with Crippen molar-refractivity contribution in [1.82, 2.24) is 0 Å². The molecule has 1 atom stereocenters. The van der Waals surface area contributed by atoms with Gasteiger partial charge in [-0.15, -0.1) is 0 Å². The smallest absolute Gasteiger partial charge is 0.0352 e. The van der Waals surface area contributed by atoms with Crippen molar-refractivity contribution < 1.29 is 0 Å². The Balaban J connectivity index is 1.13. The van der Waals surface area contributed by atoms with Crippen LogP contribution in [0.1, 0.15) is 33.7 Å². The van der Waals surface area contributed by atoms with Crippen molar-refractivity contribution in [2.45, 2.75) is 12.3 Å². The molecule has 7 aromatic carbocycles. The number of halogens is 1. The van der Waals surface area contributed by atoms with E-state index in [0.29, 0.717) is 0 Å². The second kappa shape index (κ2) is 10.6. The van der Waals surface area contributed by atoms with Crippen LogP contribution in [0, 0.1) is 0 Å². The summed E-state index contributed by atoms with van der Waals surface area (Å²) < 4.78 is 1.09. The zero-order valence-electron chi connectivity index (χ0n) is 24.7. The fourth-order valence-corrected chi connectivity index (χ4v) is 7.86. The van der Waals surface area contributed by atoms with Crippen molar-refractivity contribution >= 4 is 15.9 Å². The lowest BCUT2D eigenvalue weighted by molar-refractivity contribution is 1.01. The van der Waals surface area contributed by atoms with Gasteiger partial charge in [-0.05, 0) is 126 Å². The van der Waals surface area contributed by atoms with Crippen LogP contribution in [0.2, 0.25) is 0 Å². The summed E-state index contributed by atoms with van der Waals surface area (Å²) in [5, 5.41) is 0. The highest BCUT2D eigenvalue weighted by Gasteiger charge is 2.31. The molecule has 0 saturated carbocycles. The summed E-state index contributed by atoms with van der Waals surface area (Å²) in [5.41, 5.74) is 19.9. The molecule has 0 aromatic heterocycles. The van der Waals surface area contributed by atoms with Gasteiger partial charge in [0.2, 0.25) is 0 Å². The van der Waals surface area contributed by atoms with E-state index in [4.69, 9.17) is 0 Å². The maximum atomic E-state index is 3.63. The monoisotopic (exact) mass is 636 g/mol. The van der Waals surface area contributed by atoms with Gasteiger partial charge in [0.25, 0.3) is 0 Å². The van der Waals surface area contributed by atoms with Gasteiger partial charge in [0.05, 0.1) is 0 Å². The van der Waals surface area contributed by atoms with E-state index in [1.54, 1.807) is 0 Å². The molecule has 0 N–H and O–H groups in total. The van der Waals surface area contributed by atoms with E-state index < -0.39 is 0 Å². The van der Waals surface area contributed by atoms with E-state index in [1.807, 2.05) is 0 Å². The Kier molecular flexibility index (Phi) is 6.21. The molecule has 45 heavy (non-hydrogen) atoms. The highest BCUT2D eigenvalue weighted by molar-refractivity contribution is 9.10. The van der Waals surface area contributed by atoms with Crippen molar-refractivity contribution in [3.63, 3.8) is 0 Å². The van der Waals surface area contributed by atoms with E-state index >= 15 is 0 Å². The Morgan fingerprint density at radius 2 is 0.956 bits per heavy atom. The summed E-state index contributed by atoms with van der Waals surface area (Å²) in [5.74, 6) is 0.213. The molecule has 0 aliphatic heterocycles. The molecule has 1 unspecified atom stereocenters. The molecule has 0 saturated heterocycles. The summed E-state index contributed by atoms with van der Waals surface area (Å²) in [4.78, 5) is 0. The molecular weight excluding hydrogens is 608 g/mol. The van der Waals surface area contributed by atoms with E-state index in [2.05, 4.69) is 174 Å². The van der Waals surface area contributed by atoms with Gasteiger partial charge in [0.1, 0.15) is 0 Å². The van der Waals surface area contributed by atoms with Gasteiger partial charge in [-0.2, -0.15) is 0 Å². The molecule has 0 spiro atoms. The van der Waals surface area contributed by atoms with Crippen LogP contribution >= 0.6 is 15.9 Å². The predicted octanol–water partition coefficient (Wildman–Crippen LogP) is 12.2. The zero-order chi connectivity index (χ0) is 29.9. The van der Waals surface area contributed by atoms with Crippen LogP contribution in [-0.4, -0.2) is 0 Å². The number of benzene rings is 7. The molecule has 0 radical (unpaired) electrons. The average Bonchev–Trinajstić information content (AvgIpc) is 3.63. The summed E-state index contributed by atoms with van der Waals surface area (Å²) in [7, 11) is 0. The predicted molar refractivity (Wildman–Crippen MR) is 192 cm³/mol. The van der Waals surface area contributed by atoms with Crippen molar-refractivity contribution in [3.8, 4) is 55.6 Å². The normalized spacial score (nSPS) is 14.0. The lowest BCUT2D eigenvalue weighted by Crippen LogP contribution is -2.00. The van der Waals surface area contributed by atoms with Crippen LogP contribution in [0.5, 0.6) is 0 Å². The van der Waals surface area contributed by atoms with Gasteiger partial charge in [0, 0.05) is 10.4 Å². The molecule has 0 heterocycles. The molecule has 0 fully saturated rings. The standard InChI is InChI=1S/C44H29Br/c45-37-13-7-12-31(24-37)29-10-6-11-30(22-29)33-20-21-40-43(26-33)38-14-4-5-15-39(38)44(40)36-19-18-35-23-34-17-16-32(25-41(34)42(35)27-36)28-8-2-1-3-9-28/h1-22,24-27,44H,23H2. The van der Waals surface area contributed by atoms with Crippen LogP contribution in [0.25, 0.3) is 55.6 Å². The largest absolute Gasteiger partial charge is 0.0622 e. The molecule has 1 heteroatoms. The van der Waals surface area contributed by atoms with Crippen molar-refractivity contribution in [2.75, 3.05) is 0 Å². The number of fused-ring (bicyclic) bond motifs is 6. The summed E-state index contributed by atoms with van der Waals surface area (Å²) >= 11 is 3.63. The molecular formula is C44H29Br. The molecule has 0 amide bonds. The maximum absolute atomic E-state index is 3.63. The molecule has 212 valence electrons. The Bertz CT molecular complexity index is 2260. The first-order valence-corrected chi connectivity index (χ1v) is 16.4. The zero-order valence-corrected chi connectivity index (χ0v) is 26.3. The third kappa shape index (κ3) is 4.50. The number of hydrogen-bond acceptors (Lipinski definition) is 0. The van der Waals surface area contributed by atoms with Gasteiger partial charge in [0.15, 0.2) is 0 Å². The van der Waals surface area contributed by atoms with Crippen LogP contribution in [0.15, 0.2) is 162 Å². The van der Waals surface area contributed by atoms with Gasteiger partial charge in [-0.1, -0.05) is 137 Å². The second-order valence-electron chi connectivity index (χ2n) is 12.2. The maximum Gasteiger partial charge on any atom is 0.0352 e. The van der Waals surface area contributed by atoms with Gasteiger partial charge >= 0.3 is 0 Å². The second-order valence-corrected chi connectivity index (χ2v) is 13.2. The molecule has 9 rings (SSSR count). The fraction of sp³-hybridized carbons (Fsp3) is 0.0455. The van der Waals surface area contributed by atoms with E-state index in [9.17, 15) is 0 Å². The van der Waals surface area contributed by atoms with Gasteiger partial charge in [-0.3, -0.25) is 0 Å². The van der Waals surface area contributed by atoms with Crippen LogP contribution in [-0.2, 0) is 6.42 Å². The third-order valence-corrected chi connectivity index (χ3v) is 10.1. The van der Waals surface area contributed by atoms with E-state index in [0.717, 1.165) is 10.9 Å². The molecule has 7 aromatic rings. The summed E-state index contributed by atoms with van der Waals surface area (Å²) in [6, 6.07) is 58.4. The van der Waals surface area contributed by atoms with Crippen molar-refractivity contribution in [2.24, 2.45) is 0 Å². The molecule has 2 aliphatic rings. The topological polar surface area (TPSA) is 0 Å². The van der Waals surface area contributed by atoms with Crippen LogP contribution < -0.4 is 0 Å². The van der Waals surface area contributed by atoms with Crippen LogP contribution in [0.3, 0.4) is 0 Å². The number of rotatable bonds is 4. The van der Waals surface area contributed by atoms with Gasteiger partial charge in [-0.25, -0.2) is 0 Å². The molecule has 0 bridgehead atoms. The summed E-state index contributed by atoms with van der Waals surface area (Å²) in [6.45, 7) is 0. The third-order valence-electron chi connectivity index (χ3n) is 9.64. The van der Waals surface area contributed by atoms with E-state index in [1.165, 1.54) is 83.5 Å². The lowest BCUT2D eigenvalue weighted by Gasteiger charge is -2.17. The first-order chi connectivity index (χ1) is 22.2. The first-order valence-electron chi connectivity index (χ1n) is 15.6. The Labute approximate surface area is 272 Å². The Morgan fingerprint density at radius 3 is 1.78 bits per heavy atom. The minimum absolute atomic E-state index is 0.213. The molecule has 0 nitrogen and oxygen atoms in total. The summed E-state index contributed by atoms with van der Waals surface area (Å²) in [6.07, 6.45) is 1.00. The SMILES string of the molecule is Brc1cccc(-c2cccc(-c3ccc4c(c3)-c3ccccc3C4c3ccc4c(c3)-c3cc(-c5ccccc5)ccc3C4)c2)c1. The quantitative estimate of drug-likeness (QED) is 0.180. The average molecular weight is 638 g/mol. The first kappa shape index (κ1) is 26.4.